The van der Waals surface area contributed by atoms with E-state index >= 15 is 0 Å². The lowest BCUT2D eigenvalue weighted by molar-refractivity contribution is 0.0655. The zero-order chi connectivity index (χ0) is 14.5. The Balaban J connectivity index is 2.18. The Morgan fingerprint density at radius 2 is 2.15 bits per heavy atom. The largest absolute Gasteiger partial charge is 0.494 e. The third-order valence-electron chi connectivity index (χ3n) is 2.75. The summed E-state index contributed by atoms with van der Waals surface area (Å²) in [6.07, 6.45) is -0.124. The van der Waals surface area contributed by atoms with Crippen molar-refractivity contribution in [2.24, 2.45) is 0 Å². The number of benzene rings is 1. The zero-order valence-corrected chi connectivity index (χ0v) is 11.1. The van der Waals surface area contributed by atoms with Crippen molar-refractivity contribution < 1.29 is 24.2 Å². The monoisotopic (exact) mass is 276 g/mol. The first-order valence-corrected chi connectivity index (χ1v) is 6.35. The average Bonchev–Trinajstić information content (AvgIpc) is 2.94. The second-order valence-corrected chi connectivity index (χ2v) is 4.33. The Bertz CT molecular complexity index is 587. The number of carboxylic acid groups (broad SMARTS) is 1. The Morgan fingerprint density at radius 1 is 1.35 bits per heavy atom. The minimum absolute atomic E-state index is 0.190. The van der Waals surface area contributed by atoms with Crippen LogP contribution in [0, 0.1) is 0 Å². The van der Waals surface area contributed by atoms with E-state index in [-0.39, 0.29) is 11.5 Å². The summed E-state index contributed by atoms with van der Waals surface area (Å²) in [7, 11) is 0. The Hall–Kier alpha value is -2.27. The molecule has 0 spiro atoms. The maximum atomic E-state index is 10.8. The number of rotatable bonds is 6. The molecule has 0 radical (unpaired) electrons. The van der Waals surface area contributed by atoms with Gasteiger partial charge < -0.3 is 19.4 Å². The standard InChI is InChI=1S/C15H16O5/c1-2-8-19-11-5-3-4-10(9-11)14(16)12-6-7-13(20-12)15(17)18/h3-7,9,14,16H,2,8H2,1H3,(H,17,18). The third-order valence-corrected chi connectivity index (χ3v) is 2.75. The zero-order valence-electron chi connectivity index (χ0n) is 11.1. The molecule has 0 fully saturated rings. The van der Waals surface area contributed by atoms with Gasteiger partial charge in [0.15, 0.2) is 0 Å². The number of aliphatic hydroxyl groups excluding tert-OH is 1. The van der Waals surface area contributed by atoms with Gasteiger partial charge in [-0.15, -0.1) is 0 Å². The molecule has 0 bridgehead atoms. The molecule has 5 heteroatoms. The fourth-order valence-corrected chi connectivity index (χ4v) is 1.77. The van der Waals surface area contributed by atoms with E-state index in [1.54, 1.807) is 24.3 Å². The highest BCUT2D eigenvalue weighted by Crippen LogP contribution is 2.26. The van der Waals surface area contributed by atoms with Crippen molar-refractivity contribution in [2.45, 2.75) is 19.4 Å². The molecule has 5 nitrogen and oxygen atoms in total. The maximum absolute atomic E-state index is 10.8. The topological polar surface area (TPSA) is 79.9 Å². The molecule has 2 N–H and O–H groups in total. The normalized spacial score (nSPS) is 12.1. The van der Waals surface area contributed by atoms with Crippen molar-refractivity contribution in [3.63, 3.8) is 0 Å². The minimum atomic E-state index is -1.16. The van der Waals surface area contributed by atoms with E-state index in [9.17, 15) is 9.90 Å². The SMILES string of the molecule is CCCOc1cccc(C(O)c2ccc(C(=O)O)o2)c1. The van der Waals surface area contributed by atoms with Crippen LogP contribution in [0.4, 0.5) is 0 Å². The molecule has 1 aromatic heterocycles. The van der Waals surface area contributed by atoms with Crippen LogP contribution in [0.3, 0.4) is 0 Å². The maximum Gasteiger partial charge on any atom is 0.371 e. The van der Waals surface area contributed by atoms with Crippen LogP contribution in [0.15, 0.2) is 40.8 Å². The van der Waals surface area contributed by atoms with Crippen LogP contribution in [-0.4, -0.2) is 22.8 Å². The molecular weight excluding hydrogens is 260 g/mol. The molecule has 106 valence electrons. The van der Waals surface area contributed by atoms with E-state index in [0.717, 1.165) is 6.42 Å². The van der Waals surface area contributed by atoms with Crippen LogP contribution < -0.4 is 4.74 Å². The van der Waals surface area contributed by atoms with Crippen LogP contribution in [0.25, 0.3) is 0 Å². The summed E-state index contributed by atoms with van der Waals surface area (Å²) >= 11 is 0. The molecule has 0 amide bonds. The molecule has 0 saturated heterocycles. The summed E-state index contributed by atoms with van der Waals surface area (Å²) in [5.74, 6) is -0.510. The van der Waals surface area contributed by atoms with Gasteiger partial charge >= 0.3 is 5.97 Å². The predicted molar refractivity (Wildman–Crippen MR) is 72.0 cm³/mol. The van der Waals surface area contributed by atoms with E-state index < -0.39 is 12.1 Å². The quantitative estimate of drug-likeness (QED) is 0.848. The number of hydrogen-bond acceptors (Lipinski definition) is 4. The van der Waals surface area contributed by atoms with E-state index in [1.807, 2.05) is 6.92 Å². The molecule has 0 aliphatic heterocycles. The fourth-order valence-electron chi connectivity index (χ4n) is 1.77. The number of carboxylic acids is 1. The third kappa shape index (κ3) is 3.19. The van der Waals surface area contributed by atoms with Gasteiger partial charge in [0.25, 0.3) is 0 Å². The van der Waals surface area contributed by atoms with Crippen LogP contribution in [0.1, 0.15) is 41.3 Å². The summed E-state index contributed by atoms with van der Waals surface area (Å²) < 4.78 is 10.6. The highest BCUT2D eigenvalue weighted by molar-refractivity contribution is 5.84. The summed E-state index contributed by atoms with van der Waals surface area (Å²) in [6.45, 7) is 2.61. The number of aliphatic hydroxyl groups is 1. The molecule has 1 aromatic carbocycles. The number of ether oxygens (including phenoxy) is 1. The van der Waals surface area contributed by atoms with Gasteiger partial charge in [0.2, 0.25) is 5.76 Å². The highest BCUT2D eigenvalue weighted by Gasteiger charge is 2.17. The van der Waals surface area contributed by atoms with Gasteiger partial charge in [0, 0.05) is 0 Å². The molecule has 20 heavy (non-hydrogen) atoms. The number of aromatic carboxylic acids is 1. The van der Waals surface area contributed by atoms with Crippen molar-refractivity contribution in [3.8, 4) is 5.75 Å². The number of hydrogen-bond donors (Lipinski definition) is 2. The van der Waals surface area contributed by atoms with Crippen molar-refractivity contribution in [1.82, 2.24) is 0 Å². The molecule has 2 aromatic rings. The lowest BCUT2D eigenvalue weighted by Gasteiger charge is -2.10. The molecule has 0 aliphatic rings. The summed E-state index contributed by atoms with van der Waals surface area (Å²) in [5, 5.41) is 19.0. The Kier molecular flexibility index (Phi) is 4.42. The second kappa shape index (κ2) is 6.25. The van der Waals surface area contributed by atoms with E-state index in [2.05, 4.69) is 0 Å². The first-order valence-electron chi connectivity index (χ1n) is 6.35. The Labute approximate surface area is 116 Å². The van der Waals surface area contributed by atoms with Gasteiger partial charge in [-0.3, -0.25) is 0 Å². The van der Waals surface area contributed by atoms with Gasteiger partial charge in [-0.25, -0.2) is 4.79 Å². The van der Waals surface area contributed by atoms with Gasteiger partial charge in [0.1, 0.15) is 17.6 Å². The van der Waals surface area contributed by atoms with Crippen LogP contribution >= 0.6 is 0 Å². The number of furan rings is 1. The fraction of sp³-hybridized carbons (Fsp3) is 0.267. The molecule has 1 atom stereocenters. The lowest BCUT2D eigenvalue weighted by atomic mass is 10.1. The first kappa shape index (κ1) is 14.1. The second-order valence-electron chi connectivity index (χ2n) is 4.33. The molecule has 0 saturated carbocycles. The predicted octanol–water partition coefficient (Wildman–Crippen LogP) is 2.85. The van der Waals surface area contributed by atoms with Crippen LogP contribution in [0.5, 0.6) is 5.75 Å². The number of carbonyl (C=O) groups is 1. The summed E-state index contributed by atoms with van der Waals surface area (Å²) in [5.41, 5.74) is 0.588. The van der Waals surface area contributed by atoms with Crippen LogP contribution in [-0.2, 0) is 0 Å². The average molecular weight is 276 g/mol. The molecule has 1 heterocycles. The van der Waals surface area contributed by atoms with Crippen molar-refractivity contribution in [3.05, 3.63) is 53.5 Å². The molecule has 0 aliphatic carbocycles. The molecule has 1 unspecified atom stereocenters. The smallest absolute Gasteiger partial charge is 0.371 e. The van der Waals surface area contributed by atoms with Crippen molar-refractivity contribution >= 4 is 5.97 Å². The highest BCUT2D eigenvalue weighted by atomic mass is 16.5. The van der Waals surface area contributed by atoms with E-state index in [1.165, 1.54) is 12.1 Å². The van der Waals surface area contributed by atoms with E-state index in [4.69, 9.17) is 14.3 Å². The Morgan fingerprint density at radius 3 is 2.80 bits per heavy atom. The lowest BCUT2D eigenvalue weighted by Crippen LogP contribution is -2.00. The van der Waals surface area contributed by atoms with Gasteiger partial charge in [-0.1, -0.05) is 19.1 Å². The van der Waals surface area contributed by atoms with Gasteiger partial charge in [-0.05, 0) is 36.2 Å². The van der Waals surface area contributed by atoms with Crippen molar-refractivity contribution in [1.29, 1.82) is 0 Å². The van der Waals surface area contributed by atoms with Crippen LogP contribution in [0.2, 0.25) is 0 Å². The van der Waals surface area contributed by atoms with E-state index in [0.29, 0.717) is 17.9 Å². The van der Waals surface area contributed by atoms with Crippen molar-refractivity contribution in [2.75, 3.05) is 6.61 Å². The van der Waals surface area contributed by atoms with Gasteiger partial charge in [0.05, 0.1) is 6.61 Å². The molecular formula is C15H16O5. The minimum Gasteiger partial charge on any atom is -0.494 e. The summed E-state index contributed by atoms with van der Waals surface area (Å²) in [4.78, 5) is 10.8. The van der Waals surface area contributed by atoms with Gasteiger partial charge in [-0.2, -0.15) is 0 Å². The molecule has 2 rings (SSSR count). The summed E-state index contributed by atoms with van der Waals surface area (Å²) in [6, 6.07) is 9.78. The first-order chi connectivity index (χ1) is 9.61.